The third kappa shape index (κ3) is 4.81. The maximum absolute atomic E-state index is 13.5. The molecule has 1 heterocycles. The molecule has 0 unspecified atom stereocenters. The van der Waals surface area contributed by atoms with Gasteiger partial charge >= 0.3 is 6.09 Å². The van der Waals surface area contributed by atoms with Gasteiger partial charge in [0.15, 0.2) is 0 Å². The lowest BCUT2D eigenvalue weighted by Crippen LogP contribution is -2.34. The van der Waals surface area contributed by atoms with E-state index in [-0.39, 0.29) is 11.8 Å². The number of nitrogens with one attached hydrogen (secondary N) is 2. The van der Waals surface area contributed by atoms with Gasteiger partial charge in [-0.05, 0) is 60.2 Å². The molecule has 0 bridgehead atoms. The molecule has 0 atom stereocenters. The van der Waals surface area contributed by atoms with Crippen LogP contribution in [0.2, 0.25) is 0 Å². The summed E-state index contributed by atoms with van der Waals surface area (Å²) in [4.78, 5) is 38.8. The van der Waals surface area contributed by atoms with Gasteiger partial charge in [-0.15, -0.1) is 0 Å². The van der Waals surface area contributed by atoms with Crippen molar-refractivity contribution in [1.82, 2.24) is 15.5 Å². The molecule has 7 heteroatoms. The Hall–Kier alpha value is -3.97. The molecular formula is C28H29N3O4. The van der Waals surface area contributed by atoms with Crippen molar-refractivity contribution in [2.75, 3.05) is 26.2 Å². The maximum atomic E-state index is 13.5. The predicted octanol–water partition coefficient (Wildman–Crippen LogP) is 4.48. The molecule has 0 aliphatic carbocycles. The standard InChI is InChI=1S/C28H29N3O4/c1-18-22(20-10-5-3-6-11-20)23(21-12-7-4-8-13-21)19(2)25-24(18)26(32)31(27(25)33)17-9-14-29-15-16-30-28(34)35/h3-8,10-13,29-30H,9,14-17H2,1-2H3,(H,34,35). The minimum atomic E-state index is -1.06. The molecule has 3 aromatic rings. The van der Waals surface area contributed by atoms with Gasteiger partial charge in [-0.3, -0.25) is 14.5 Å². The average Bonchev–Trinajstić information content (AvgIpc) is 3.11. The highest BCUT2D eigenvalue weighted by Crippen LogP contribution is 2.43. The third-order valence-corrected chi connectivity index (χ3v) is 6.36. The zero-order valence-corrected chi connectivity index (χ0v) is 19.9. The fourth-order valence-electron chi connectivity index (χ4n) is 4.78. The van der Waals surface area contributed by atoms with E-state index in [9.17, 15) is 14.4 Å². The van der Waals surface area contributed by atoms with Crippen molar-refractivity contribution >= 4 is 17.9 Å². The first-order valence-electron chi connectivity index (χ1n) is 11.7. The monoisotopic (exact) mass is 471 g/mol. The topological polar surface area (TPSA) is 98.7 Å². The Morgan fingerprint density at radius 2 is 1.23 bits per heavy atom. The Morgan fingerprint density at radius 1 is 0.743 bits per heavy atom. The summed E-state index contributed by atoms with van der Waals surface area (Å²) in [6.45, 7) is 5.50. The number of benzene rings is 3. The van der Waals surface area contributed by atoms with Crippen LogP contribution < -0.4 is 10.6 Å². The lowest BCUT2D eigenvalue weighted by atomic mass is 9.82. The van der Waals surface area contributed by atoms with Crippen molar-refractivity contribution in [2.45, 2.75) is 20.3 Å². The predicted molar refractivity (Wildman–Crippen MR) is 136 cm³/mol. The van der Waals surface area contributed by atoms with Crippen molar-refractivity contribution in [3.05, 3.63) is 82.9 Å². The van der Waals surface area contributed by atoms with Crippen LogP contribution in [0.3, 0.4) is 0 Å². The first-order valence-corrected chi connectivity index (χ1v) is 11.7. The molecular weight excluding hydrogens is 442 g/mol. The fraction of sp³-hybridized carbons (Fsp3) is 0.250. The molecule has 1 aliphatic rings. The number of carbonyl (C=O) groups excluding carboxylic acids is 2. The first-order chi connectivity index (χ1) is 16.9. The summed E-state index contributed by atoms with van der Waals surface area (Å²) in [5.41, 5.74) is 6.57. The van der Waals surface area contributed by atoms with Crippen LogP contribution in [0.1, 0.15) is 38.3 Å². The Balaban J connectivity index is 1.66. The van der Waals surface area contributed by atoms with Crippen molar-refractivity contribution in [3.63, 3.8) is 0 Å². The Morgan fingerprint density at radius 3 is 1.69 bits per heavy atom. The van der Waals surface area contributed by atoms with Gasteiger partial charge in [0.25, 0.3) is 11.8 Å². The summed E-state index contributed by atoms with van der Waals surface area (Å²) in [6.07, 6.45) is -0.485. The van der Waals surface area contributed by atoms with Crippen LogP contribution in [-0.4, -0.2) is 54.1 Å². The summed E-state index contributed by atoms with van der Waals surface area (Å²) in [7, 11) is 0. The van der Waals surface area contributed by atoms with E-state index in [4.69, 9.17) is 5.11 Å². The molecule has 180 valence electrons. The van der Waals surface area contributed by atoms with E-state index in [1.807, 2.05) is 74.5 Å². The number of hydrogen-bond donors (Lipinski definition) is 3. The Bertz CT molecular complexity index is 1170. The van der Waals surface area contributed by atoms with E-state index >= 15 is 0 Å². The van der Waals surface area contributed by atoms with Crippen LogP contribution in [0.4, 0.5) is 4.79 Å². The molecule has 0 saturated heterocycles. The zero-order chi connectivity index (χ0) is 24.9. The average molecular weight is 472 g/mol. The SMILES string of the molecule is Cc1c2c(c(C)c(-c3ccccc3)c1-c1ccccc1)C(=O)N(CCCNCCNC(=O)O)C2=O. The quantitative estimate of drug-likeness (QED) is 0.316. The Kier molecular flexibility index (Phi) is 7.27. The molecule has 7 nitrogen and oxygen atoms in total. The number of fused-ring (bicyclic) bond motifs is 1. The van der Waals surface area contributed by atoms with E-state index < -0.39 is 6.09 Å². The third-order valence-electron chi connectivity index (χ3n) is 6.36. The number of imide groups is 1. The second kappa shape index (κ2) is 10.5. The van der Waals surface area contributed by atoms with Crippen molar-refractivity contribution in [1.29, 1.82) is 0 Å². The van der Waals surface area contributed by atoms with E-state index in [1.165, 1.54) is 4.90 Å². The molecule has 0 fully saturated rings. The maximum Gasteiger partial charge on any atom is 0.404 e. The van der Waals surface area contributed by atoms with Gasteiger partial charge in [0, 0.05) is 19.6 Å². The van der Waals surface area contributed by atoms with Crippen molar-refractivity contribution < 1.29 is 19.5 Å². The Labute approximate surface area is 204 Å². The lowest BCUT2D eigenvalue weighted by Gasteiger charge is -2.19. The second-order valence-corrected chi connectivity index (χ2v) is 8.58. The molecule has 0 radical (unpaired) electrons. The molecule has 0 saturated carbocycles. The van der Waals surface area contributed by atoms with Gasteiger partial charge in [0.05, 0.1) is 11.1 Å². The molecule has 35 heavy (non-hydrogen) atoms. The number of carboxylic acid groups (broad SMARTS) is 1. The van der Waals surface area contributed by atoms with E-state index in [0.29, 0.717) is 43.7 Å². The molecule has 1 aliphatic heterocycles. The number of nitrogens with zero attached hydrogens (tertiary/aromatic N) is 1. The van der Waals surface area contributed by atoms with Gasteiger partial charge in [-0.2, -0.15) is 0 Å². The summed E-state index contributed by atoms with van der Waals surface area (Å²) >= 11 is 0. The van der Waals surface area contributed by atoms with Crippen molar-refractivity contribution in [2.24, 2.45) is 0 Å². The smallest absolute Gasteiger partial charge is 0.404 e. The number of hydrogen-bond acceptors (Lipinski definition) is 4. The second-order valence-electron chi connectivity index (χ2n) is 8.58. The van der Waals surface area contributed by atoms with Gasteiger partial charge in [0.2, 0.25) is 0 Å². The number of carbonyl (C=O) groups is 3. The van der Waals surface area contributed by atoms with Gasteiger partial charge < -0.3 is 15.7 Å². The van der Waals surface area contributed by atoms with Crippen LogP contribution in [0.5, 0.6) is 0 Å². The van der Waals surface area contributed by atoms with Gasteiger partial charge in [0.1, 0.15) is 0 Å². The highest BCUT2D eigenvalue weighted by atomic mass is 16.4. The minimum Gasteiger partial charge on any atom is -0.465 e. The number of amides is 3. The highest BCUT2D eigenvalue weighted by molar-refractivity contribution is 6.24. The highest BCUT2D eigenvalue weighted by Gasteiger charge is 2.40. The lowest BCUT2D eigenvalue weighted by molar-refractivity contribution is 0.0652. The van der Waals surface area contributed by atoms with Crippen LogP contribution in [0.25, 0.3) is 22.3 Å². The minimum absolute atomic E-state index is 0.255. The normalized spacial score (nSPS) is 12.7. The van der Waals surface area contributed by atoms with Gasteiger partial charge in [-0.1, -0.05) is 60.7 Å². The fourth-order valence-corrected chi connectivity index (χ4v) is 4.78. The zero-order valence-electron chi connectivity index (χ0n) is 19.9. The summed E-state index contributed by atoms with van der Waals surface area (Å²) in [5.74, 6) is -0.509. The van der Waals surface area contributed by atoms with Crippen LogP contribution in [-0.2, 0) is 0 Å². The van der Waals surface area contributed by atoms with Crippen molar-refractivity contribution in [3.8, 4) is 22.3 Å². The van der Waals surface area contributed by atoms with Crippen LogP contribution in [0.15, 0.2) is 60.7 Å². The number of rotatable bonds is 9. The van der Waals surface area contributed by atoms with E-state index in [1.54, 1.807) is 0 Å². The largest absolute Gasteiger partial charge is 0.465 e. The summed E-state index contributed by atoms with van der Waals surface area (Å²) in [6, 6.07) is 20.0. The first kappa shape index (κ1) is 24.2. The molecule has 3 aromatic carbocycles. The van der Waals surface area contributed by atoms with Crippen LogP contribution in [0, 0.1) is 13.8 Å². The summed E-state index contributed by atoms with van der Waals surface area (Å²) < 4.78 is 0. The molecule has 3 amide bonds. The van der Waals surface area contributed by atoms with Crippen LogP contribution >= 0.6 is 0 Å². The molecule has 4 rings (SSSR count). The molecule has 0 aromatic heterocycles. The molecule has 0 spiro atoms. The van der Waals surface area contributed by atoms with E-state index in [2.05, 4.69) is 10.6 Å². The summed E-state index contributed by atoms with van der Waals surface area (Å²) in [5, 5.41) is 14.0. The van der Waals surface area contributed by atoms with E-state index in [0.717, 1.165) is 33.4 Å². The van der Waals surface area contributed by atoms with Gasteiger partial charge in [-0.25, -0.2) is 4.79 Å². The molecule has 3 N–H and O–H groups in total.